The van der Waals surface area contributed by atoms with Crippen LogP contribution in [0.25, 0.3) is 22.1 Å². The predicted octanol–water partition coefficient (Wildman–Crippen LogP) is 3.30. The SMILES string of the molecule is CCOC(=O)C(C)n1c(=O)n(Cc2nc3ccccc3n2CCC(C)=O)c2ccccc21. The van der Waals surface area contributed by atoms with Crippen LogP contribution in [-0.2, 0) is 27.4 Å². The summed E-state index contributed by atoms with van der Waals surface area (Å²) in [6, 6.07) is 14.3. The number of ether oxygens (including phenoxy) is 1. The molecule has 0 saturated carbocycles. The van der Waals surface area contributed by atoms with Crippen molar-refractivity contribution in [2.75, 3.05) is 6.61 Å². The van der Waals surface area contributed by atoms with Gasteiger partial charge in [-0.1, -0.05) is 24.3 Å². The summed E-state index contributed by atoms with van der Waals surface area (Å²) in [7, 11) is 0. The summed E-state index contributed by atoms with van der Waals surface area (Å²) >= 11 is 0. The fraction of sp³-hybridized carbons (Fsp3) is 0.333. The van der Waals surface area contributed by atoms with E-state index in [1.807, 2.05) is 53.1 Å². The Kier molecular flexibility index (Phi) is 5.94. The molecule has 0 bridgehead atoms. The van der Waals surface area contributed by atoms with Crippen LogP contribution in [0.15, 0.2) is 53.3 Å². The van der Waals surface area contributed by atoms with Crippen LogP contribution in [0.3, 0.4) is 0 Å². The zero-order valence-corrected chi connectivity index (χ0v) is 18.4. The molecule has 8 nitrogen and oxygen atoms in total. The third-order valence-electron chi connectivity index (χ3n) is 5.60. The van der Waals surface area contributed by atoms with E-state index in [2.05, 4.69) is 0 Å². The van der Waals surface area contributed by atoms with Crippen molar-refractivity contribution < 1.29 is 14.3 Å². The molecule has 4 aromatic rings. The number of Topliss-reactive ketones (excluding diaryl/α,β-unsaturated/α-hetero) is 1. The Morgan fingerprint density at radius 1 is 1.00 bits per heavy atom. The van der Waals surface area contributed by atoms with Crippen LogP contribution in [0, 0.1) is 0 Å². The average molecular weight is 434 g/mol. The topological polar surface area (TPSA) is 88.1 Å². The molecule has 2 aromatic heterocycles. The highest BCUT2D eigenvalue weighted by Gasteiger charge is 2.24. The number of hydrogen-bond acceptors (Lipinski definition) is 5. The standard InChI is InChI=1S/C24H26N4O4/c1-4-32-23(30)17(3)28-21-12-8-7-11-20(21)27(24(28)31)15-22-25-18-9-5-6-10-19(18)26(22)14-13-16(2)29/h5-12,17H,4,13-15H2,1-3H3. The second-order valence-electron chi connectivity index (χ2n) is 7.78. The summed E-state index contributed by atoms with van der Waals surface area (Å²) < 4.78 is 10.2. The smallest absolute Gasteiger partial charge is 0.330 e. The van der Waals surface area contributed by atoms with Crippen LogP contribution < -0.4 is 5.69 Å². The Balaban J connectivity index is 1.84. The fourth-order valence-electron chi connectivity index (χ4n) is 4.03. The van der Waals surface area contributed by atoms with Gasteiger partial charge in [-0.15, -0.1) is 0 Å². The van der Waals surface area contributed by atoms with E-state index in [-0.39, 0.29) is 24.6 Å². The van der Waals surface area contributed by atoms with Crippen molar-refractivity contribution in [3.05, 3.63) is 64.8 Å². The quantitative estimate of drug-likeness (QED) is 0.397. The van der Waals surface area contributed by atoms with Gasteiger partial charge >= 0.3 is 11.7 Å². The number of para-hydroxylation sites is 4. The first-order valence-electron chi connectivity index (χ1n) is 10.7. The molecule has 8 heteroatoms. The fourth-order valence-corrected chi connectivity index (χ4v) is 4.03. The zero-order chi connectivity index (χ0) is 22.8. The number of benzene rings is 2. The summed E-state index contributed by atoms with van der Waals surface area (Å²) in [6.07, 6.45) is 0.379. The molecule has 0 aliphatic heterocycles. The van der Waals surface area contributed by atoms with Crippen molar-refractivity contribution >= 4 is 33.8 Å². The lowest BCUT2D eigenvalue weighted by Crippen LogP contribution is -2.31. The van der Waals surface area contributed by atoms with E-state index in [0.717, 1.165) is 11.0 Å². The molecule has 32 heavy (non-hydrogen) atoms. The maximum Gasteiger partial charge on any atom is 0.330 e. The van der Waals surface area contributed by atoms with Gasteiger partial charge in [-0.2, -0.15) is 0 Å². The van der Waals surface area contributed by atoms with Crippen LogP contribution in [0.1, 0.15) is 39.1 Å². The number of carbonyl (C=O) groups is 2. The molecular weight excluding hydrogens is 408 g/mol. The van der Waals surface area contributed by atoms with Crippen molar-refractivity contribution in [1.82, 2.24) is 18.7 Å². The summed E-state index contributed by atoms with van der Waals surface area (Å²) in [5.41, 5.74) is 2.78. The molecule has 0 saturated heterocycles. The molecule has 0 fully saturated rings. The van der Waals surface area contributed by atoms with Gasteiger partial charge in [0.25, 0.3) is 0 Å². The van der Waals surface area contributed by atoms with Gasteiger partial charge in [-0.25, -0.2) is 14.6 Å². The number of esters is 1. The molecule has 0 radical (unpaired) electrons. The lowest BCUT2D eigenvalue weighted by atomic mass is 10.2. The van der Waals surface area contributed by atoms with Crippen LogP contribution in [0.2, 0.25) is 0 Å². The number of carbonyl (C=O) groups excluding carboxylic acids is 2. The Labute approximate surface area is 185 Å². The highest BCUT2D eigenvalue weighted by molar-refractivity contribution is 5.81. The van der Waals surface area contributed by atoms with E-state index >= 15 is 0 Å². The molecule has 0 spiro atoms. The van der Waals surface area contributed by atoms with E-state index in [0.29, 0.717) is 29.8 Å². The van der Waals surface area contributed by atoms with Gasteiger partial charge in [0.15, 0.2) is 0 Å². The Morgan fingerprint density at radius 2 is 1.66 bits per heavy atom. The van der Waals surface area contributed by atoms with Crippen LogP contribution in [0.5, 0.6) is 0 Å². The van der Waals surface area contributed by atoms with E-state index in [9.17, 15) is 14.4 Å². The third kappa shape index (κ3) is 3.84. The highest BCUT2D eigenvalue weighted by Crippen LogP contribution is 2.21. The lowest BCUT2D eigenvalue weighted by Gasteiger charge is -2.12. The monoisotopic (exact) mass is 434 g/mol. The Morgan fingerprint density at radius 3 is 2.34 bits per heavy atom. The number of aromatic nitrogens is 4. The third-order valence-corrected chi connectivity index (χ3v) is 5.60. The summed E-state index contributed by atoms with van der Waals surface area (Å²) in [5, 5.41) is 0. The molecule has 0 amide bonds. The summed E-state index contributed by atoms with van der Waals surface area (Å²) in [6.45, 7) is 5.91. The largest absolute Gasteiger partial charge is 0.464 e. The molecular formula is C24H26N4O4. The zero-order valence-electron chi connectivity index (χ0n) is 18.4. The second-order valence-corrected chi connectivity index (χ2v) is 7.78. The van der Waals surface area contributed by atoms with Gasteiger partial charge in [0.1, 0.15) is 17.6 Å². The van der Waals surface area contributed by atoms with Gasteiger partial charge in [-0.3, -0.25) is 13.9 Å². The van der Waals surface area contributed by atoms with Gasteiger partial charge in [0.2, 0.25) is 0 Å². The number of hydrogen-bond donors (Lipinski definition) is 0. The van der Waals surface area contributed by atoms with Crippen LogP contribution >= 0.6 is 0 Å². The predicted molar refractivity (Wildman–Crippen MR) is 122 cm³/mol. The first kappa shape index (κ1) is 21.5. The van der Waals surface area contributed by atoms with Crippen LogP contribution in [0.4, 0.5) is 0 Å². The number of aryl methyl sites for hydroxylation is 1. The molecule has 1 unspecified atom stereocenters. The van der Waals surface area contributed by atoms with Gasteiger partial charge in [0, 0.05) is 13.0 Å². The number of ketones is 1. The van der Waals surface area contributed by atoms with Gasteiger partial charge in [-0.05, 0) is 45.0 Å². The maximum atomic E-state index is 13.5. The molecule has 4 rings (SSSR count). The van der Waals surface area contributed by atoms with Gasteiger partial charge < -0.3 is 9.30 Å². The van der Waals surface area contributed by atoms with Crippen molar-refractivity contribution in [2.45, 2.75) is 46.3 Å². The normalized spacial score (nSPS) is 12.3. The molecule has 2 heterocycles. The molecule has 0 aliphatic carbocycles. The first-order valence-corrected chi connectivity index (χ1v) is 10.7. The number of fused-ring (bicyclic) bond motifs is 2. The van der Waals surface area contributed by atoms with E-state index < -0.39 is 12.0 Å². The summed E-state index contributed by atoms with van der Waals surface area (Å²) in [4.78, 5) is 42.2. The van der Waals surface area contributed by atoms with Crippen molar-refractivity contribution in [2.24, 2.45) is 0 Å². The van der Waals surface area contributed by atoms with E-state index in [1.165, 1.54) is 4.57 Å². The minimum atomic E-state index is -0.759. The Bertz CT molecular complexity index is 1360. The molecule has 166 valence electrons. The first-order chi connectivity index (χ1) is 15.4. The molecule has 0 aliphatic rings. The summed E-state index contributed by atoms with van der Waals surface area (Å²) in [5.74, 6) is 0.318. The van der Waals surface area contributed by atoms with Crippen molar-refractivity contribution in [3.63, 3.8) is 0 Å². The Hall–Kier alpha value is -3.68. The molecule has 1 atom stereocenters. The van der Waals surface area contributed by atoms with Crippen molar-refractivity contribution in [1.29, 1.82) is 0 Å². The second kappa shape index (κ2) is 8.82. The molecule has 2 aromatic carbocycles. The van der Waals surface area contributed by atoms with Crippen LogP contribution in [-0.4, -0.2) is 37.0 Å². The number of nitrogens with zero attached hydrogens (tertiary/aromatic N) is 4. The number of imidazole rings is 2. The highest BCUT2D eigenvalue weighted by atomic mass is 16.5. The van der Waals surface area contributed by atoms with Crippen molar-refractivity contribution in [3.8, 4) is 0 Å². The number of rotatable bonds is 8. The minimum Gasteiger partial charge on any atom is -0.464 e. The molecule has 0 N–H and O–H groups in total. The lowest BCUT2D eigenvalue weighted by molar-refractivity contribution is -0.146. The van der Waals surface area contributed by atoms with Gasteiger partial charge in [0.05, 0.1) is 35.2 Å². The maximum absolute atomic E-state index is 13.5. The van der Waals surface area contributed by atoms with E-state index in [1.54, 1.807) is 25.3 Å². The average Bonchev–Trinajstić information content (AvgIpc) is 3.27. The van der Waals surface area contributed by atoms with E-state index in [4.69, 9.17) is 9.72 Å². The minimum absolute atomic E-state index is 0.0887.